The quantitative estimate of drug-likeness (QED) is 0.863. The van der Waals surface area contributed by atoms with Crippen LogP contribution in [-0.4, -0.2) is 9.97 Å². The molecule has 0 aliphatic heterocycles. The molecule has 0 aliphatic carbocycles. The molecule has 0 amide bonds. The highest BCUT2D eigenvalue weighted by atomic mass is 35.5. The summed E-state index contributed by atoms with van der Waals surface area (Å²) in [4.78, 5) is 8.00. The lowest BCUT2D eigenvalue weighted by Gasteiger charge is -2.14. The molecular weight excluding hydrogens is 276 g/mol. The van der Waals surface area contributed by atoms with E-state index in [-0.39, 0.29) is 17.0 Å². The van der Waals surface area contributed by atoms with E-state index in [0.29, 0.717) is 11.0 Å². The van der Waals surface area contributed by atoms with Gasteiger partial charge in [-0.1, -0.05) is 35.3 Å². The molecule has 2 rings (SSSR count). The first-order valence-corrected chi connectivity index (χ1v) is 6.02. The van der Waals surface area contributed by atoms with Gasteiger partial charge in [-0.15, -0.1) is 0 Å². The second-order valence-corrected chi connectivity index (χ2v) is 4.52. The van der Waals surface area contributed by atoms with Crippen LogP contribution in [0.25, 0.3) is 0 Å². The van der Waals surface area contributed by atoms with E-state index in [0.717, 1.165) is 5.56 Å². The highest BCUT2D eigenvalue weighted by Crippen LogP contribution is 2.22. The molecule has 0 fully saturated rings. The number of nitrogens with zero attached hydrogens (tertiary/aromatic N) is 2. The van der Waals surface area contributed by atoms with Gasteiger partial charge in [-0.25, -0.2) is 9.37 Å². The third kappa shape index (κ3) is 3.09. The first-order valence-electron chi connectivity index (χ1n) is 5.26. The number of nitrogens with one attached hydrogen (secondary N) is 1. The van der Waals surface area contributed by atoms with Gasteiger partial charge in [0.1, 0.15) is 5.82 Å². The van der Waals surface area contributed by atoms with Gasteiger partial charge in [-0.3, -0.25) is 0 Å². The van der Waals surface area contributed by atoms with Crippen molar-refractivity contribution in [3.05, 3.63) is 52.0 Å². The maximum absolute atomic E-state index is 12.8. The Morgan fingerprint density at radius 3 is 2.50 bits per heavy atom. The van der Waals surface area contributed by atoms with Crippen molar-refractivity contribution < 1.29 is 4.39 Å². The van der Waals surface area contributed by atoms with Crippen LogP contribution >= 0.6 is 23.2 Å². The first kappa shape index (κ1) is 13.1. The highest BCUT2D eigenvalue weighted by molar-refractivity contribution is 6.41. The largest absolute Gasteiger partial charge is 0.348 e. The van der Waals surface area contributed by atoms with Crippen molar-refractivity contribution in [3.8, 4) is 0 Å². The monoisotopic (exact) mass is 285 g/mol. The predicted molar refractivity (Wildman–Crippen MR) is 70.5 cm³/mol. The molecule has 18 heavy (non-hydrogen) atoms. The standard InChI is InChI=1S/C12H10Cl2FN3/c1-7(8-2-4-9(15)5-3-8)17-12-16-6-10(13)11(14)18-12/h2-7H,1H3,(H,16,17,18). The molecule has 3 nitrogen and oxygen atoms in total. The van der Waals surface area contributed by atoms with E-state index in [1.807, 2.05) is 6.92 Å². The van der Waals surface area contributed by atoms with Gasteiger partial charge in [0, 0.05) is 0 Å². The lowest BCUT2D eigenvalue weighted by atomic mass is 10.1. The number of aromatic nitrogens is 2. The summed E-state index contributed by atoms with van der Waals surface area (Å²) < 4.78 is 12.8. The Labute approximate surface area is 114 Å². The van der Waals surface area contributed by atoms with Gasteiger partial charge < -0.3 is 5.32 Å². The molecule has 1 heterocycles. The van der Waals surface area contributed by atoms with Gasteiger partial charge in [-0.2, -0.15) is 4.98 Å². The summed E-state index contributed by atoms with van der Waals surface area (Å²) in [5, 5.41) is 3.56. The Morgan fingerprint density at radius 2 is 1.89 bits per heavy atom. The Bertz CT molecular complexity index is 546. The molecule has 94 valence electrons. The van der Waals surface area contributed by atoms with Crippen LogP contribution < -0.4 is 5.32 Å². The number of hydrogen-bond acceptors (Lipinski definition) is 3. The van der Waals surface area contributed by atoms with E-state index in [1.54, 1.807) is 12.1 Å². The maximum atomic E-state index is 12.8. The second-order valence-electron chi connectivity index (χ2n) is 3.75. The number of rotatable bonds is 3. The zero-order chi connectivity index (χ0) is 13.1. The summed E-state index contributed by atoms with van der Waals surface area (Å²) in [5.74, 6) is 0.109. The molecule has 0 spiro atoms. The first-order chi connectivity index (χ1) is 8.56. The molecule has 1 aromatic carbocycles. The van der Waals surface area contributed by atoms with Crippen LogP contribution in [0.4, 0.5) is 10.3 Å². The maximum Gasteiger partial charge on any atom is 0.224 e. The lowest BCUT2D eigenvalue weighted by Crippen LogP contribution is -2.09. The average molecular weight is 286 g/mol. The third-order valence-corrected chi connectivity index (χ3v) is 3.08. The summed E-state index contributed by atoms with van der Waals surface area (Å²) >= 11 is 11.5. The fourth-order valence-electron chi connectivity index (χ4n) is 1.44. The molecule has 0 aliphatic rings. The lowest BCUT2D eigenvalue weighted by molar-refractivity contribution is 0.626. The fraction of sp³-hybridized carbons (Fsp3) is 0.167. The van der Waals surface area contributed by atoms with Crippen molar-refractivity contribution in [1.82, 2.24) is 9.97 Å². The van der Waals surface area contributed by atoms with Crippen LogP contribution in [0.3, 0.4) is 0 Å². The van der Waals surface area contributed by atoms with Gasteiger partial charge in [-0.05, 0) is 24.6 Å². The van der Waals surface area contributed by atoms with Crippen molar-refractivity contribution in [2.24, 2.45) is 0 Å². The average Bonchev–Trinajstić information content (AvgIpc) is 2.34. The van der Waals surface area contributed by atoms with Gasteiger partial charge >= 0.3 is 0 Å². The van der Waals surface area contributed by atoms with Gasteiger partial charge in [0.25, 0.3) is 0 Å². The third-order valence-electron chi connectivity index (χ3n) is 2.42. The van der Waals surface area contributed by atoms with Crippen molar-refractivity contribution in [2.45, 2.75) is 13.0 Å². The van der Waals surface area contributed by atoms with Crippen LogP contribution in [0.15, 0.2) is 30.5 Å². The minimum atomic E-state index is -0.267. The normalized spacial score (nSPS) is 12.2. The minimum Gasteiger partial charge on any atom is -0.348 e. The van der Waals surface area contributed by atoms with Crippen molar-refractivity contribution in [1.29, 1.82) is 0 Å². The van der Waals surface area contributed by atoms with Gasteiger partial charge in [0.2, 0.25) is 5.95 Å². The molecule has 0 bridgehead atoms. The molecule has 1 N–H and O–H groups in total. The Kier molecular flexibility index (Phi) is 3.99. The summed E-state index contributed by atoms with van der Waals surface area (Å²) in [5.41, 5.74) is 0.922. The Hall–Kier alpha value is -1.39. The second kappa shape index (κ2) is 5.50. The SMILES string of the molecule is CC(Nc1ncc(Cl)c(Cl)n1)c1ccc(F)cc1. The fourth-order valence-corrected chi connectivity index (χ4v) is 1.66. The molecule has 0 saturated heterocycles. The molecule has 0 radical (unpaired) electrons. The van der Waals surface area contributed by atoms with E-state index < -0.39 is 0 Å². The van der Waals surface area contributed by atoms with Gasteiger partial charge in [0.05, 0.1) is 17.3 Å². The highest BCUT2D eigenvalue weighted by Gasteiger charge is 2.08. The molecule has 1 aromatic heterocycles. The van der Waals surface area contributed by atoms with E-state index >= 15 is 0 Å². The van der Waals surface area contributed by atoms with Crippen LogP contribution in [0.1, 0.15) is 18.5 Å². The predicted octanol–water partition coefficient (Wildman–Crippen LogP) is 4.10. The molecule has 1 unspecified atom stereocenters. The van der Waals surface area contributed by atoms with Crippen LogP contribution in [0.5, 0.6) is 0 Å². The van der Waals surface area contributed by atoms with Crippen molar-refractivity contribution in [2.75, 3.05) is 5.32 Å². The molecule has 2 aromatic rings. The minimum absolute atomic E-state index is 0.0668. The summed E-state index contributed by atoms with van der Waals surface area (Å²) in [6.07, 6.45) is 1.43. The molecular formula is C12H10Cl2FN3. The summed E-state index contributed by atoms with van der Waals surface area (Å²) in [7, 11) is 0. The molecule has 6 heteroatoms. The van der Waals surface area contributed by atoms with Crippen LogP contribution in [0, 0.1) is 5.82 Å². The Morgan fingerprint density at radius 1 is 1.22 bits per heavy atom. The number of halogens is 3. The zero-order valence-corrected chi connectivity index (χ0v) is 11.0. The number of hydrogen-bond donors (Lipinski definition) is 1. The van der Waals surface area contributed by atoms with E-state index in [2.05, 4.69) is 15.3 Å². The van der Waals surface area contributed by atoms with Crippen molar-refractivity contribution >= 4 is 29.2 Å². The molecule has 1 atom stereocenters. The Balaban J connectivity index is 2.13. The van der Waals surface area contributed by atoms with E-state index in [4.69, 9.17) is 23.2 Å². The van der Waals surface area contributed by atoms with Crippen molar-refractivity contribution in [3.63, 3.8) is 0 Å². The smallest absolute Gasteiger partial charge is 0.224 e. The zero-order valence-electron chi connectivity index (χ0n) is 9.49. The van der Waals surface area contributed by atoms with Crippen LogP contribution in [-0.2, 0) is 0 Å². The van der Waals surface area contributed by atoms with E-state index in [1.165, 1.54) is 18.3 Å². The topological polar surface area (TPSA) is 37.8 Å². The van der Waals surface area contributed by atoms with Gasteiger partial charge in [0.15, 0.2) is 5.15 Å². The number of benzene rings is 1. The summed E-state index contributed by atoms with van der Waals surface area (Å²) in [6.45, 7) is 1.92. The number of anilines is 1. The van der Waals surface area contributed by atoms with Crippen LogP contribution in [0.2, 0.25) is 10.2 Å². The molecule has 0 saturated carbocycles. The van der Waals surface area contributed by atoms with E-state index in [9.17, 15) is 4.39 Å². The summed E-state index contributed by atoms with van der Waals surface area (Å²) in [6, 6.07) is 6.14.